The van der Waals surface area contributed by atoms with E-state index < -0.39 is 0 Å². The van der Waals surface area contributed by atoms with Gasteiger partial charge in [0.2, 0.25) is 0 Å². The van der Waals surface area contributed by atoms with Crippen molar-refractivity contribution in [2.75, 3.05) is 18.4 Å². The first-order valence-electron chi connectivity index (χ1n) is 6.99. The van der Waals surface area contributed by atoms with Crippen molar-refractivity contribution < 1.29 is 0 Å². The average Bonchev–Trinajstić information content (AvgIpc) is 2.38. The van der Waals surface area contributed by atoms with Gasteiger partial charge < -0.3 is 5.32 Å². The lowest BCUT2D eigenvalue weighted by molar-refractivity contribution is 0.105. The predicted octanol–water partition coefficient (Wildman–Crippen LogP) is 2.53. The summed E-state index contributed by atoms with van der Waals surface area (Å²) < 4.78 is 0. The van der Waals surface area contributed by atoms with E-state index in [1.807, 2.05) is 12.4 Å². The zero-order chi connectivity index (χ0) is 13.0. The molecule has 1 saturated heterocycles. The zero-order valence-electron chi connectivity index (χ0n) is 11.7. The maximum absolute atomic E-state index is 4.48. The van der Waals surface area contributed by atoms with Crippen LogP contribution < -0.4 is 5.32 Å². The van der Waals surface area contributed by atoms with Crippen LogP contribution in [0, 0.1) is 5.92 Å². The largest absolute Gasteiger partial charge is 0.369 e. The van der Waals surface area contributed by atoms with E-state index in [2.05, 4.69) is 41.0 Å². The van der Waals surface area contributed by atoms with Crippen LogP contribution in [0.25, 0.3) is 0 Å². The maximum atomic E-state index is 4.48. The van der Waals surface area contributed by atoms with E-state index in [4.69, 9.17) is 0 Å². The van der Waals surface area contributed by atoms with Gasteiger partial charge in [0.1, 0.15) is 5.82 Å². The SMILES string of the molecule is CCNc1cnc(CN2CCCC(C)C2C)cn1. The molecule has 0 amide bonds. The summed E-state index contributed by atoms with van der Waals surface area (Å²) in [7, 11) is 0. The molecule has 2 heterocycles. The van der Waals surface area contributed by atoms with Gasteiger partial charge in [0.15, 0.2) is 0 Å². The molecule has 1 N–H and O–H groups in total. The van der Waals surface area contributed by atoms with E-state index in [-0.39, 0.29) is 0 Å². The Hall–Kier alpha value is -1.16. The topological polar surface area (TPSA) is 41.1 Å². The maximum Gasteiger partial charge on any atom is 0.144 e. The molecule has 0 aliphatic carbocycles. The Morgan fingerprint density at radius 1 is 1.33 bits per heavy atom. The van der Waals surface area contributed by atoms with Gasteiger partial charge in [-0.05, 0) is 39.2 Å². The molecule has 0 saturated carbocycles. The van der Waals surface area contributed by atoms with Crippen molar-refractivity contribution in [1.82, 2.24) is 14.9 Å². The lowest BCUT2D eigenvalue weighted by atomic mass is 9.92. The van der Waals surface area contributed by atoms with Gasteiger partial charge in [0.05, 0.1) is 18.1 Å². The summed E-state index contributed by atoms with van der Waals surface area (Å²) in [4.78, 5) is 11.4. The first-order chi connectivity index (χ1) is 8.70. The molecule has 2 atom stereocenters. The van der Waals surface area contributed by atoms with Crippen LogP contribution in [0.2, 0.25) is 0 Å². The Balaban J connectivity index is 1.96. The minimum atomic E-state index is 0.647. The van der Waals surface area contributed by atoms with E-state index in [9.17, 15) is 0 Å². The summed E-state index contributed by atoms with van der Waals surface area (Å²) >= 11 is 0. The lowest BCUT2D eigenvalue weighted by Gasteiger charge is -2.37. The second-order valence-corrected chi connectivity index (χ2v) is 5.25. The van der Waals surface area contributed by atoms with Gasteiger partial charge in [0, 0.05) is 19.1 Å². The minimum Gasteiger partial charge on any atom is -0.369 e. The first-order valence-corrected chi connectivity index (χ1v) is 6.99. The quantitative estimate of drug-likeness (QED) is 0.889. The molecule has 1 aromatic heterocycles. The van der Waals surface area contributed by atoms with Crippen LogP contribution in [0.5, 0.6) is 0 Å². The number of hydrogen-bond acceptors (Lipinski definition) is 4. The van der Waals surface area contributed by atoms with Crippen LogP contribution in [-0.2, 0) is 6.54 Å². The summed E-state index contributed by atoms with van der Waals surface area (Å²) in [6.45, 7) is 9.72. The molecule has 1 aromatic rings. The first kappa shape index (κ1) is 13.3. The number of hydrogen-bond donors (Lipinski definition) is 1. The Morgan fingerprint density at radius 3 is 2.83 bits per heavy atom. The summed E-state index contributed by atoms with van der Waals surface area (Å²) in [5, 5.41) is 3.17. The number of aromatic nitrogens is 2. The second-order valence-electron chi connectivity index (χ2n) is 5.25. The van der Waals surface area contributed by atoms with Crippen LogP contribution in [0.3, 0.4) is 0 Å². The third-order valence-corrected chi connectivity index (χ3v) is 3.93. The Kier molecular flexibility index (Phi) is 4.53. The van der Waals surface area contributed by atoms with Crippen molar-refractivity contribution in [1.29, 1.82) is 0 Å². The molecule has 0 radical (unpaired) electrons. The van der Waals surface area contributed by atoms with Crippen LogP contribution in [0.1, 0.15) is 39.3 Å². The fourth-order valence-electron chi connectivity index (χ4n) is 2.56. The van der Waals surface area contributed by atoms with Crippen LogP contribution >= 0.6 is 0 Å². The molecule has 100 valence electrons. The van der Waals surface area contributed by atoms with Gasteiger partial charge in [-0.1, -0.05) is 6.92 Å². The van der Waals surface area contributed by atoms with Gasteiger partial charge in [-0.2, -0.15) is 0 Å². The molecule has 1 aliphatic heterocycles. The number of piperidine rings is 1. The van der Waals surface area contributed by atoms with Crippen molar-refractivity contribution in [3.8, 4) is 0 Å². The monoisotopic (exact) mass is 248 g/mol. The number of likely N-dealkylation sites (tertiary alicyclic amines) is 1. The molecule has 4 heteroatoms. The van der Waals surface area contributed by atoms with Gasteiger partial charge in [0.25, 0.3) is 0 Å². The van der Waals surface area contributed by atoms with Crippen LogP contribution in [-0.4, -0.2) is 34.0 Å². The Morgan fingerprint density at radius 2 is 2.17 bits per heavy atom. The van der Waals surface area contributed by atoms with E-state index in [0.29, 0.717) is 6.04 Å². The molecule has 1 fully saturated rings. The molecule has 2 rings (SSSR count). The van der Waals surface area contributed by atoms with Crippen molar-refractivity contribution in [3.63, 3.8) is 0 Å². The normalized spacial score (nSPS) is 25.1. The number of rotatable bonds is 4. The molecule has 1 aliphatic rings. The standard InChI is InChI=1S/C14H24N4/c1-4-15-14-9-16-13(8-17-14)10-18-7-5-6-11(2)12(18)3/h8-9,11-12H,4-7,10H2,1-3H3,(H,15,17). The summed E-state index contributed by atoms with van der Waals surface area (Å²) in [5.74, 6) is 1.65. The van der Waals surface area contributed by atoms with E-state index in [0.717, 1.165) is 30.5 Å². The van der Waals surface area contributed by atoms with Gasteiger partial charge >= 0.3 is 0 Å². The molecule has 4 nitrogen and oxygen atoms in total. The minimum absolute atomic E-state index is 0.647. The number of nitrogens with one attached hydrogen (secondary N) is 1. The smallest absolute Gasteiger partial charge is 0.144 e. The lowest BCUT2D eigenvalue weighted by Crippen LogP contribution is -2.41. The second kappa shape index (κ2) is 6.14. The highest BCUT2D eigenvalue weighted by Gasteiger charge is 2.24. The average molecular weight is 248 g/mol. The highest BCUT2D eigenvalue weighted by atomic mass is 15.2. The van der Waals surface area contributed by atoms with Crippen molar-refractivity contribution in [3.05, 3.63) is 18.1 Å². The zero-order valence-corrected chi connectivity index (χ0v) is 11.7. The predicted molar refractivity (Wildman–Crippen MR) is 74.5 cm³/mol. The molecule has 0 bridgehead atoms. The molecule has 0 aromatic carbocycles. The third kappa shape index (κ3) is 3.19. The van der Waals surface area contributed by atoms with E-state index in [1.54, 1.807) is 0 Å². The summed E-state index contributed by atoms with van der Waals surface area (Å²) in [5.41, 5.74) is 1.07. The van der Waals surface area contributed by atoms with Crippen LogP contribution in [0.4, 0.5) is 5.82 Å². The highest BCUT2D eigenvalue weighted by molar-refractivity contribution is 5.30. The molecule has 18 heavy (non-hydrogen) atoms. The van der Waals surface area contributed by atoms with E-state index >= 15 is 0 Å². The van der Waals surface area contributed by atoms with Gasteiger partial charge in [-0.25, -0.2) is 4.98 Å². The van der Waals surface area contributed by atoms with Crippen molar-refractivity contribution >= 4 is 5.82 Å². The van der Waals surface area contributed by atoms with Gasteiger partial charge in [-0.15, -0.1) is 0 Å². The van der Waals surface area contributed by atoms with E-state index in [1.165, 1.54) is 19.4 Å². The Bertz CT molecular complexity index is 363. The summed E-state index contributed by atoms with van der Waals surface area (Å²) in [6, 6.07) is 0.647. The Labute approximate surface area is 110 Å². The van der Waals surface area contributed by atoms with Crippen molar-refractivity contribution in [2.24, 2.45) is 5.92 Å². The molecular formula is C14H24N4. The number of nitrogens with zero attached hydrogens (tertiary/aromatic N) is 3. The summed E-state index contributed by atoms with van der Waals surface area (Å²) in [6.07, 6.45) is 6.37. The molecule has 2 unspecified atom stereocenters. The fraction of sp³-hybridized carbons (Fsp3) is 0.714. The molecule has 0 spiro atoms. The fourth-order valence-corrected chi connectivity index (χ4v) is 2.56. The third-order valence-electron chi connectivity index (χ3n) is 3.93. The van der Waals surface area contributed by atoms with Crippen LogP contribution in [0.15, 0.2) is 12.4 Å². The van der Waals surface area contributed by atoms with Gasteiger partial charge in [-0.3, -0.25) is 9.88 Å². The van der Waals surface area contributed by atoms with Crippen molar-refractivity contribution in [2.45, 2.75) is 46.2 Å². The number of anilines is 1. The molecular weight excluding hydrogens is 224 g/mol. The highest BCUT2D eigenvalue weighted by Crippen LogP contribution is 2.23.